The molecule has 1 unspecified atom stereocenters. The van der Waals surface area contributed by atoms with Crippen molar-refractivity contribution in [3.63, 3.8) is 0 Å². The molecule has 1 N–H and O–H groups in total. The van der Waals surface area contributed by atoms with Crippen LogP contribution in [0.1, 0.15) is 18.5 Å². The van der Waals surface area contributed by atoms with Gasteiger partial charge in [0.1, 0.15) is 0 Å². The second-order valence-corrected chi connectivity index (χ2v) is 5.35. The molecule has 18 heavy (non-hydrogen) atoms. The number of nitrogens with zero attached hydrogens (tertiary/aromatic N) is 2. The van der Waals surface area contributed by atoms with Crippen LogP contribution < -0.4 is 4.90 Å². The van der Waals surface area contributed by atoms with Gasteiger partial charge in [0.25, 0.3) is 0 Å². The summed E-state index contributed by atoms with van der Waals surface area (Å²) in [7, 11) is 1.38. The third-order valence-corrected chi connectivity index (χ3v) is 4.09. The van der Waals surface area contributed by atoms with Gasteiger partial charge in [-0.15, -0.1) is 11.3 Å². The van der Waals surface area contributed by atoms with E-state index in [-0.39, 0.29) is 19.0 Å². The first kappa shape index (κ1) is 13.3. The number of aliphatic hydroxyl groups excluding tert-OH is 1. The third kappa shape index (κ3) is 3.20. The van der Waals surface area contributed by atoms with Crippen LogP contribution in [0.2, 0.25) is 0 Å². The van der Waals surface area contributed by atoms with Crippen molar-refractivity contribution in [2.45, 2.75) is 19.3 Å². The summed E-state index contributed by atoms with van der Waals surface area (Å²) in [6.07, 6.45) is 2.38. The van der Waals surface area contributed by atoms with E-state index in [4.69, 9.17) is 0 Å². The van der Waals surface area contributed by atoms with Crippen LogP contribution in [-0.4, -0.2) is 42.9 Å². The van der Waals surface area contributed by atoms with Crippen LogP contribution in [-0.2, 0) is 16.0 Å². The maximum atomic E-state index is 11.2. The van der Waals surface area contributed by atoms with E-state index in [2.05, 4.69) is 14.6 Å². The van der Waals surface area contributed by atoms with Crippen LogP contribution in [0, 0.1) is 5.92 Å². The Hall–Kier alpha value is -1.14. The van der Waals surface area contributed by atoms with Crippen LogP contribution in [0.25, 0.3) is 0 Å². The molecule has 0 saturated carbocycles. The van der Waals surface area contributed by atoms with E-state index in [9.17, 15) is 9.90 Å². The second kappa shape index (κ2) is 6.15. The number of piperidine rings is 1. The quantitative estimate of drug-likeness (QED) is 0.829. The molecular weight excluding hydrogens is 252 g/mol. The standard InChI is InChI=1S/C12H18N2O3S/c1-17-11(16)5-10-8-18-12(13-10)14-4-2-3-9(6-14)7-15/h8-9,15H,2-7H2,1H3. The molecule has 0 bridgehead atoms. The normalized spacial score (nSPS) is 19.9. The van der Waals surface area contributed by atoms with Crippen molar-refractivity contribution in [1.29, 1.82) is 0 Å². The number of ether oxygens (including phenoxy) is 1. The number of hydrogen-bond acceptors (Lipinski definition) is 6. The lowest BCUT2D eigenvalue weighted by Crippen LogP contribution is -2.36. The summed E-state index contributed by atoms with van der Waals surface area (Å²) in [4.78, 5) is 17.8. The highest BCUT2D eigenvalue weighted by Crippen LogP contribution is 2.26. The number of aliphatic hydroxyl groups is 1. The van der Waals surface area contributed by atoms with Crippen LogP contribution >= 0.6 is 11.3 Å². The Balaban J connectivity index is 1.98. The lowest BCUT2D eigenvalue weighted by molar-refractivity contribution is -0.139. The van der Waals surface area contributed by atoms with Gasteiger partial charge in [0.05, 0.1) is 19.2 Å². The summed E-state index contributed by atoms with van der Waals surface area (Å²) in [5.41, 5.74) is 0.757. The Kier molecular flexibility index (Phi) is 4.54. The number of carbonyl (C=O) groups excluding carboxylic acids is 1. The molecule has 2 heterocycles. The lowest BCUT2D eigenvalue weighted by atomic mass is 10.00. The highest BCUT2D eigenvalue weighted by molar-refractivity contribution is 7.13. The minimum atomic E-state index is -0.265. The first-order valence-corrected chi connectivity index (χ1v) is 6.98. The third-order valence-electron chi connectivity index (χ3n) is 3.14. The monoisotopic (exact) mass is 270 g/mol. The molecule has 0 amide bonds. The van der Waals surface area contributed by atoms with Crippen molar-refractivity contribution in [3.05, 3.63) is 11.1 Å². The van der Waals surface area contributed by atoms with E-state index < -0.39 is 0 Å². The van der Waals surface area contributed by atoms with Crippen molar-refractivity contribution in [3.8, 4) is 0 Å². The maximum absolute atomic E-state index is 11.2. The number of carbonyl (C=O) groups is 1. The zero-order valence-electron chi connectivity index (χ0n) is 10.5. The van der Waals surface area contributed by atoms with Crippen LogP contribution in [0.4, 0.5) is 5.13 Å². The molecule has 100 valence electrons. The summed E-state index contributed by atoms with van der Waals surface area (Å²) in [5, 5.41) is 12.0. The van der Waals surface area contributed by atoms with E-state index in [1.165, 1.54) is 7.11 Å². The van der Waals surface area contributed by atoms with Crippen molar-refractivity contribution in [1.82, 2.24) is 4.98 Å². The number of rotatable bonds is 4. The van der Waals surface area contributed by atoms with E-state index in [1.54, 1.807) is 11.3 Å². The van der Waals surface area contributed by atoms with Gasteiger partial charge in [0.2, 0.25) is 0 Å². The predicted molar refractivity (Wildman–Crippen MR) is 69.9 cm³/mol. The molecule has 5 nitrogen and oxygen atoms in total. The van der Waals surface area contributed by atoms with E-state index in [1.807, 2.05) is 5.38 Å². The number of esters is 1. The van der Waals surface area contributed by atoms with E-state index >= 15 is 0 Å². The lowest BCUT2D eigenvalue weighted by Gasteiger charge is -2.31. The smallest absolute Gasteiger partial charge is 0.311 e. The molecule has 6 heteroatoms. The number of aromatic nitrogens is 1. The van der Waals surface area contributed by atoms with Crippen LogP contribution in [0.5, 0.6) is 0 Å². The Morgan fingerprint density at radius 2 is 2.56 bits per heavy atom. The molecular formula is C12H18N2O3S. The number of hydrogen-bond donors (Lipinski definition) is 1. The summed E-state index contributed by atoms with van der Waals surface area (Å²) >= 11 is 1.55. The van der Waals surface area contributed by atoms with Gasteiger partial charge in [-0.25, -0.2) is 4.98 Å². The Bertz CT molecular complexity index is 408. The molecule has 1 atom stereocenters. The summed E-state index contributed by atoms with van der Waals surface area (Å²) in [6, 6.07) is 0. The van der Waals surface area contributed by atoms with Crippen molar-refractivity contribution in [2.24, 2.45) is 5.92 Å². The first-order valence-electron chi connectivity index (χ1n) is 6.10. The van der Waals surface area contributed by atoms with Gasteiger partial charge >= 0.3 is 5.97 Å². The van der Waals surface area contributed by atoms with Crippen molar-refractivity contribution >= 4 is 22.4 Å². The zero-order chi connectivity index (χ0) is 13.0. The average molecular weight is 270 g/mol. The molecule has 0 spiro atoms. The van der Waals surface area contributed by atoms with Gasteiger partial charge in [-0.3, -0.25) is 4.79 Å². The molecule has 0 aliphatic carbocycles. The highest BCUT2D eigenvalue weighted by atomic mass is 32.1. The van der Waals surface area contributed by atoms with Gasteiger partial charge in [0, 0.05) is 25.1 Å². The number of anilines is 1. The molecule has 1 aliphatic rings. The molecule has 2 rings (SSSR count). The topological polar surface area (TPSA) is 62.7 Å². The number of thiazole rings is 1. The summed E-state index contributed by atoms with van der Waals surface area (Å²) < 4.78 is 4.62. The van der Waals surface area contributed by atoms with Crippen LogP contribution in [0.15, 0.2) is 5.38 Å². The Morgan fingerprint density at radius 1 is 1.72 bits per heavy atom. The fourth-order valence-corrected chi connectivity index (χ4v) is 2.99. The van der Waals surface area contributed by atoms with Gasteiger partial charge in [0.15, 0.2) is 5.13 Å². The first-order chi connectivity index (χ1) is 8.72. The van der Waals surface area contributed by atoms with Gasteiger partial charge < -0.3 is 14.7 Å². The van der Waals surface area contributed by atoms with Gasteiger partial charge in [-0.2, -0.15) is 0 Å². The van der Waals surface area contributed by atoms with Gasteiger partial charge in [-0.05, 0) is 18.8 Å². The molecule has 1 aromatic heterocycles. The van der Waals surface area contributed by atoms with Crippen LogP contribution in [0.3, 0.4) is 0 Å². The maximum Gasteiger partial charge on any atom is 0.311 e. The predicted octanol–water partition coefficient (Wildman–Crippen LogP) is 1.07. The average Bonchev–Trinajstić information content (AvgIpc) is 2.87. The van der Waals surface area contributed by atoms with E-state index in [0.29, 0.717) is 5.92 Å². The minimum absolute atomic E-state index is 0.226. The fraction of sp³-hybridized carbons (Fsp3) is 0.667. The molecule has 1 saturated heterocycles. The summed E-state index contributed by atoms with van der Waals surface area (Å²) in [6.45, 7) is 2.06. The number of methoxy groups -OCH3 is 1. The molecule has 0 aromatic carbocycles. The molecule has 0 radical (unpaired) electrons. The fourth-order valence-electron chi connectivity index (χ4n) is 2.13. The minimum Gasteiger partial charge on any atom is -0.469 e. The molecule has 1 aromatic rings. The largest absolute Gasteiger partial charge is 0.469 e. The van der Waals surface area contributed by atoms with E-state index in [0.717, 1.165) is 36.8 Å². The highest BCUT2D eigenvalue weighted by Gasteiger charge is 2.21. The second-order valence-electron chi connectivity index (χ2n) is 4.51. The van der Waals surface area contributed by atoms with Crippen molar-refractivity contribution < 1.29 is 14.6 Å². The Labute approximate surface area is 110 Å². The van der Waals surface area contributed by atoms with Gasteiger partial charge in [-0.1, -0.05) is 0 Å². The Morgan fingerprint density at radius 3 is 3.28 bits per heavy atom. The SMILES string of the molecule is COC(=O)Cc1csc(N2CCCC(CO)C2)n1. The molecule has 1 fully saturated rings. The zero-order valence-corrected chi connectivity index (χ0v) is 11.3. The molecule has 1 aliphatic heterocycles. The van der Waals surface area contributed by atoms with Crippen molar-refractivity contribution in [2.75, 3.05) is 31.7 Å². The summed E-state index contributed by atoms with van der Waals surface area (Å²) in [5.74, 6) is 0.0745.